The number of fused-ring (bicyclic) bond motifs is 1. The van der Waals surface area contributed by atoms with Crippen LogP contribution in [0.2, 0.25) is 0 Å². The second kappa shape index (κ2) is 8.13. The quantitative estimate of drug-likeness (QED) is 0.462. The van der Waals surface area contributed by atoms with Gasteiger partial charge >= 0.3 is 5.97 Å². The highest BCUT2D eigenvalue weighted by molar-refractivity contribution is 7.98. The van der Waals surface area contributed by atoms with Crippen LogP contribution in [0, 0.1) is 0 Å². The van der Waals surface area contributed by atoms with E-state index in [1.807, 2.05) is 12.3 Å². The van der Waals surface area contributed by atoms with Gasteiger partial charge in [0.15, 0.2) is 23.9 Å². The van der Waals surface area contributed by atoms with Crippen LogP contribution in [0.15, 0.2) is 41.3 Å². The Morgan fingerprint density at radius 2 is 1.81 bits per heavy atom. The van der Waals surface area contributed by atoms with E-state index < -0.39 is 18.5 Å². The summed E-state index contributed by atoms with van der Waals surface area (Å²) in [6.07, 6.45) is 1.85. The molecule has 0 spiro atoms. The largest absolute Gasteiger partial charge is 0.454 e. The van der Waals surface area contributed by atoms with Gasteiger partial charge in [0.05, 0.1) is 11.3 Å². The lowest BCUT2D eigenvalue weighted by molar-refractivity contribution is -0.119. The van der Waals surface area contributed by atoms with Gasteiger partial charge in [0.1, 0.15) is 0 Å². The number of benzene rings is 2. The van der Waals surface area contributed by atoms with Gasteiger partial charge < -0.3 is 19.5 Å². The molecule has 2 aromatic rings. The van der Waals surface area contributed by atoms with Crippen molar-refractivity contribution in [3.8, 4) is 11.5 Å². The van der Waals surface area contributed by atoms with Gasteiger partial charge in [0.2, 0.25) is 6.79 Å². The second-order valence-corrected chi connectivity index (χ2v) is 6.48. The van der Waals surface area contributed by atoms with Gasteiger partial charge in [-0.25, -0.2) is 4.79 Å². The average molecular weight is 387 g/mol. The highest BCUT2D eigenvalue weighted by Gasteiger charge is 2.21. The molecule has 2 aromatic carbocycles. The fraction of sp³-hybridized carbons (Fsp3) is 0.211. The first-order valence-electron chi connectivity index (χ1n) is 8.04. The van der Waals surface area contributed by atoms with Crippen molar-refractivity contribution < 1.29 is 28.6 Å². The number of amides is 1. The maximum atomic E-state index is 12.2. The molecular weight excluding hydrogens is 370 g/mol. The summed E-state index contributed by atoms with van der Waals surface area (Å²) in [7, 11) is 0. The van der Waals surface area contributed by atoms with Crippen molar-refractivity contribution in [3.63, 3.8) is 0 Å². The van der Waals surface area contributed by atoms with E-state index in [2.05, 4.69) is 5.32 Å². The molecule has 0 bridgehead atoms. The topological polar surface area (TPSA) is 90.9 Å². The zero-order chi connectivity index (χ0) is 19.4. The number of thioether (sulfide) groups is 1. The molecule has 7 nitrogen and oxygen atoms in total. The number of Topliss-reactive ketones (excluding diaryl/α,β-unsaturated/α-hetero) is 1. The summed E-state index contributed by atoms with van der Waals surface area (Å²) in [5.74, 6) is -0.520. The molecule has 1 aliphatic heterocycles. The molecule has 1 heterocycles. The standard InChI is InChI=1S/C19H17NO6S/c1-11(21)13-7-15-16(26-10-25-15)8-14(13)20-18(22)9-24-19(23)12-5-3-4-6-17(12)27-2/h3-8H,9-10H2,1-2H3,(H,20,22). The minimum atomic E-state index is -0.590. The third kappa shape index (κ3) is 4.22. The number of rotatable bonds is 6. The number of carbonyl (C=O) groups excluding carboxylic acids is 3. The highest BCUT2D eigenvalue weighted by atomic mass is 32.2. The van der Waals surface area contributed by atoms with Gasteiger partial charge in [-0.3, -0.25) is 9.59 Å². The van der Waals surface area contributed by atoms with Crippen LogP contribution >= 0.6 is 11.8 Å². The number of anilines is 1. The van der Waals surface area contributed by atoms with E-state index in [1.54, 1.807) is 18.2 Å². The molecule has 8 heteroatoms. The first-order chi connectivity index (χ1) is 13.0. The smallest absolute Gasteiger partial charge is 0.339 e. The summed E-state index contributed by atoms with van der Waals surface area (Å²) >= 11 is 1.41. The van der Waals surface area contributed by atoms with Crippen LogP contribution in [0.4, 0.5) is 5.69 Å². The van der Waals surface area contributed by atoms with Crippen LogP contribution in [0.25, 0.3) is 0 Å². The molecule has 0 aliphatic carbocycles. The molecule has 0 unspecified atom stereocenters. The molecule has 1 aliphatic rings. The van der Waals surface area contributed by atoms with Crippen LogP contribution in [0.1, 0.15) is 27.6 Å². The summed E-state index contributed by atoms with van der Waals surface area (Å²) in [6.45, 7) is 0.955. The van der Waals surface area contributed by atoms with Crippen molar-refractivity contribution in [2.24, 2.45) is 0 Å². The molecule has 0 aromatic heterocycles. The number of carbonyl (C=O) groups is 3. The summed E-state index contributed by atoms with van der Waals surface area (Å²) in [5.41, 5.74) is 0.953. The Morgan fingerprint density at radius 1 is 1.11 bits per heavy atom. The predicted octanol–water partition coefficient (Wildman–Crippen LogP) is 3.14. The number of esters is 1. The third-order valence-electron chi connectivity index (χ3n) is 3.83. The lowest BCUT2D eigenvalue weighted by Crippen LogP contribution is -2.22. The highest BCUT2D eigenvalue weighted by Crippen LogP contribution is 2.37. The fourth-order valence-corrected chi connectivity index (χ4v) is 3.13. The first-order valence-corrected chi connectivity index (χ1v) is 9.26. The Labute approximate surface area is 160 Å². The maximum Gasteiger partial charge on any atom is 0.339 e. The van der Waals surface area contributed by atoms with Crippen molar-refractivity contribution in [3.05, 3.63) is 47.5 Å². The van der Waals surface area contributed by atoms with E-state index >= 15 is 0 Å². The summed E-state index contributed by atoms with van der Waals surface area (Å²) in [4.78, 5) is 37.0. The summed E-state index contributed by atoms with van der Waals surface area (Å²) in [6, 6.07) is 10.0. The van der Waals surface area contributed by atoms with E-state index in [-0.39, 0.29) is 23.8 Å². The second-order valence-electron chi connectivity index (χ2n) is 5.63. The fourth-order valence-electron chi connectivity index (χ4n) is 2.55. The molecule has 1 N–H and O–H groups in total. The van der Waals surface area contributed by atoms with Gasteiger partial charge in [0.25, 0.3) is 5.91 Å². The van der Waals surface area contributed by atoms with Crippen LogP contribution in [0.3, 0.4) is 0 Å². The van der Waals surface area contributed by atoms with E-state index in [0.717, 1.165) is 4.90 Å². The van der Waals surface area contributed by atoms with Crippen molar-refractivity contribution >= 4 is 35.1 Å². The van der Waals surface area contributed by atoms with Crippen LogP contribution < -0.4 is 14.8 Å². The molecule has 3 rings (SSSR count). The van der Waals surface area contributed by atoms with Gasteiger partial charge in [-0.15, -0.1) is 11.8 Å². The number of hydrogen-bond acceptors (Lipinski definition) is 7. The van der Waals surface area contributed by atoms with E-state index in [0.29, 0.717) is 17.1 Å². The normalized spacial score (nSPS) is 11.8. The van der Waals surface area contributed by atoms with Crippen molar-refractivity contribution in [2.75, 3.05) is 25.0 Å². The maximum absolute atomic E-state index is 12.2. The molecule has 140 valence electrons. The number of ether oxygens (including phenoxy) is 3. The first kappa shape index (κ1) is 18.8. The van der Waals surface area contributed by atoms with Crippen LogP contribution in [0.5, 0.6) is 11.5 Å². The Morgan fingerprint density at radius 3 is 2.52 bits per heavy atom. The number of ketones is 1. The molecule has 0 fully saturated rings. The Hall–Kier alpha value is -3.00. The van der Waals surface area contributed by atoms with E-state index in [9.17, 15) is 14.4 Å². The third-order valence-corrected chi connectivity index (χ3v) is 4.62. The zero-order valence-electron chi connectivity index (χ0n) is 14.7. The van der Waals surface area contributed by atoms with Gasteiger partial charge in [-0.1, -0.05) is 12.1 Å². The lowest BCUT2D eigenvalue weighted by atomic mass is 10.1. The van der Waals surface area contributed by atoms with Gasteiger partial charge in [-0.05, 0) is 31.4 Å². The molecular formula is C19H17NO6S. The molecule has 0 radical (unpaired) electrons. The molecule has 0 saturated heterocycles. The predicted molar refractivity (Wildman–Crippen MR) is 99.7 cm³/mol. The van der Waals surface area contributed by atoms with Crippen molar-refractivity contribution in [1.29, 1.82) is 0 Å². The zero-order valence-corrected chi connectivity index (χ0v) is 15.6. The lowest BCUT2D eigenvalue weighted by Gasteiger charge is -2.11. The number of hydrogen-bond donors (Lipinski definition) is 1. The summed E-state index contributed by atoms with van der Waals surface area (Å²) in [5, 5.41) is 2.58. The van der Waals surface area contributed by atoms with Crippen LogP contribution in [-0.4, -0.2) is 37.3 Å². The molecule has 0 atom stereocenters. The number of nitrogens with one attached hydrogen (secondary N) is 1. The minimum Gasteiger partial charge on any atom is -0.454 e. The molecule has 0 saturated carbocycles. The SMILES string of the molecule is CSc1ccccc1C(=O)OCC(=O)Nc1cc2c(cc1C(C)=O)OCO2. The van der Waals surface area contributed by atoms with E-state index in [4.69, 9.17) is 14.2 Å². The monoisotopic (exact) mass is 387 g/mol. The van der Waals surface area contributed by atoms with Crippen molar-refractivity contribution in [1.82, 2.24) is 0 Å². The molecule has 1 amide bonds. The van der Waals surface area contributed by atoms with Gasteiger partial charge in [0, 0.05) is 16.5 Å². The Balaban J connectivity index is 1.68. The van der Waals surface area contributed by atoms with E-state index in [1.165, 1.54) is 30.8 Å². The summed E-state index contributed by atoms with van der Waals surface area (Å²) < 4.78 is 15.6. The average Bonchev–Trinajstić information content (AvgIpc) is 3.12. The van der Waals surface area contributed by atoms with Crippen LogP contribution in [-0.2, 0) is 9.53 Å². The molecule has 27 heavy (non-hydrogen) atoms. The Kier molecular flexibility index (Phi) is 5.66. The van der Waals surface area contributed by atoms with Gasteiger partial charge in [-0.2, -0.15) is 0 Å². The van der Waals surface area contributed by atoms with Crippen molar-refractivity contribution in [2.45, 2.75) is 11.8 Å². The Bertz CT molecular complexity index is 911. The minimum absolute atomic E-state index is 0.0521.